The first-order valence-corrected chi connectivity index (χ1v) is 17.4. The van der Waals surface area contributed by atoms with Gasteiger partial charge in [-0.05, 0) is 6.92 Å². The quantitative estimate of drug-likeness (QED) is 0.162. The number of rotatable bonds is 13. The molecule has 5 N–H and O–H groups in total. The number of imidazole rings is 2. The molecule has 0 amide bonds. The molecule has 0 spiro atoms. The van der Waals surface area contributed by atoms with Crippen LogP contribution in [0.1, 0.15) is 32.2 Å². The molecule has 0 saturated carbocycles. The topological polar surface area (TPSA) is 258 Å². The summed E-state index contributed by atoms with van der Waals surface area (Å²) in [4.78, 5) is 25.0. The number of aromatic nitrogens is 8. The Labute approximate surface area is 262 Å². The van der Waals surface area contributed by atoms with Crippen molar-refractivity contribution in [3.8, 4) is 0 Å². The molecule has 0 radical (unpaired) electrons. The number of sulfonamides is 1. The van der Waals surface area contributed by atoms with Crippen LogP contribution in [0.4, 0.5) is 11.6 Å². The Morgan fingerprint density at radius 1 is 0.891 bits per heavy atom. The molecule has 20 nitrogen and oxygen atoms in total. The van der Waals surface area contributed by atoms with Gasteiger partial charge in [-0.2, -0.15) is 0 Å². The summed E-state index contributed by atoms with van der Waals surface area (Å²) in [6.07, 6.45) is 1.81. The van der Waals surface area contributed by atoms with Crippen LogP contribution in [-0.2, 0) is 42.6 Å². The van der Waals surface area contributed by atoms with Crippen molar-refractivity contribution in [3.05, 3.63) is 25.3 Å². The average Bonchev–Trinajstić information content (AvgIpc) is 3.81. The lowest BCUT2D eigenvalue weighted by atomic mass is 10.2. The Hall–Kier alpha value is -3.40. The molecule has 0 aromatic carbocycles. The van der Waals surface area contributed by atoms with E-state index in [1.807, 2.05) is 0 Å². The maximum Gasteiger partial charge on any atom is 0.419 e. The van der Waals surface area contributed by atoms with Crippen LogP contribution >= 0.6 is 7.75 Å². The van der Waals surface area contributed by atoms with Crippen molar-refractivity contribution in [2.24, 2.45) is 0 Å². The Morgan fingerprint density at radius 2 is 1.43 bits per heavy atom. The number of fused-ring (bicyclic) bond motifs is 2. The maximum atomic E-state index is 14.2. The number of hydrogen-bond donors (Lipinski definition) is 3. The van der Waals surface area contributed by atoms with Crippen LogP contribution in [0.5, 0.6) is 0 Å². The van der Waals surface area contributed by atoms with Crippen LogP contribution in [-0.4, -0.2) is 105 Å². The van der Waals surface area contributed by atoms with Gasteiger partial charge in [0.2, 0.25) is 10.0 Å². The molecule has 2 fully saturated rings. The summed E-state index contributed by atoms with van der Waals surface area (Å²) in [5.41, 5.74) is 13.5. The van der Waals surface area contributed by atoms with Crippen molar-refractivity contribution in [3.63, 3.8) is 0 Å². The SMILES string of the molecule is CCS(=O)(=O)NP(=O)(OC[C@H]1O[C@@H](n2cnc3c(N)ncnc32)CC1OC)OC1C[C@H](n2cnc3c(N)ncnc32)OC1COC. The molecule has 250 valence electrons. The van der Waals surface area contributed by atoms with Crippen molar-refractivity contribution < 1.29 is 41.0 Å². The van der Waals surface area contributed by atoms with E-state index < -0.39 is 54.6 Å². The monoisotopic (exact) mass is 683 g/mol. The van der Waals surface area contributed by atoms with Gasteiger partial charge >= 0.3 is 7.75 Å². The van der Waals surface area contributed by atoms with E-state index in [0.29, 0.717) is 28.7 Å². The molecule has 22 heteroatoms. The zero-order valence-electron chi connectivity index (χ0n) is 25.1. The summed E-state index contributed by atoms with van der Waals surface area (Å²) < 4.78 is 80.0. The fourth-order valence-electron chi connectivity index (χ4n) is 5.39. The lowest BCUT2D eigenvalue weighted by Crippen LogP contribution is -2.34. The van der Waals surface area contributed by atoms with Gasteiger partial charge in [0.05, 0.1) is 37.7 Å². The highest BCUT2D eigenvalue weighted by Gasteiger charge is 2.45. The van der Waals surface area contributed by atoms with Crippen molar-refractivity contribution in [2.45, 2.75) is 56.6 Å². The van der Waals surface area contributed by atoms with Crippen LogP contribution in [0, 0.1) is 0 Å². The Kier molecular flexibility index (Phi) is 9.20. The second-order valence-electron chi connectivity index (χ2n) is 10.6. The van der Waals surface area contributed by atoms with Crippen molar-refractivity contribution in [2.75, 3.05) is 44.7 Å². The van der Waals surface area contributed by atoms with Gasteiger partial charge < -0.3 is 30.4 Å². The van der Waals surface area contributed by atoms with Gasteiger partial charge in [0.1, 0.15) is 54.5 Å². The van der Waals surface area contributed by atoms with Gasteiger partial charge in [-0.15, -0.1) is 4.49 Å². The molecule has 0 bridgehead atoms. The Balaban J connectivity index is 1.21. The summed E-state index contributed by atoms with van der Waals surface area (Å²) in [5.74, 6) is 0.0346. The van der Waals surface area contributed by atoms with Crippen molar-refractivity contribution in [1.82, 2.24) is 43.5 Å². The number of methoxy groups -OCH3 is 2. The van der Waals surface area contributed by atoms with E-state index in [1.54, 1.807) is 9.13 Å². The summed E-state index contributed by atoms with van der Waals surface area (Å²) in [6.45, 7) is 1.08. The average molecular weight is 684 g/mol. The first-order valence-electron chi connectivity index (χ1n) is 14.2. The van der Waals surface area contributed by atoms with E-state index >= 15 is 0 Å². The standard InChI is InChI=1S/C24H34N11O9PS/c1-4-46(37,38)33-45(36,41-8-16-13(40-3)5-17(43-16)34-11-31-19-21(25)27-9-29-23(19)34)44-14-6-18(42-15(14)7-39-2)35-12-32-20-22(26)28-10-30-24(20)35/h9-18H,4-8H2,1-3H3,(H,33,36)(H2,25,27,29)(H2,26,28,30)/t13?,14?,15?,16-,17-,18-,45?/m1/s1. The minimum Gasteiger partial charge on any atom is -0.382 e. The maximum absolute atomic E-state index is 14.2. The van der Waals surface area contributed by atoms with E-state index in [1.165, 1.54) is 46.5 Å². The van der Waals surface area contributed by atoms with Gasteiger partial charge in [-0.25, -0.2) is 42.9 Å². The summed E-state index contributed by atoms with van der Waals surface area (Å²) >= 11 is 0. The van der Waals surface area contributed by atoms with Crippen LogP contribution in [0.25, 0.3) is 22.3 Å². The molecule has 0 aliphatic carbocycles. The second kappa shape index (κ2) is 13.0. The third-order valence-electron chi connectivity index (χ3n) is 7.70. The smallest absolute Gasteiger partial charge is 0.382 e. The predicted molar refractivity (Wildman–Crippen MR) is 160 cm³/mol. The number of ether oxygens (including phenoxy) is 4. The normalized spacial score (nSPS) is 26.7. The van der Waals surface area contributed by atoms with Gasteiger partial charge in [-0.3, -0.25) is 18.2 Å². The molecule has 6 heterocycles. The highest BCUT2D eigenvalue weighted by atomic mass is 32.2. The Morgan fingerprint density at radius 3 is 1.96 bits per heavy atom. The minimum absolute atomic E-state index is 0.0392. The summed E-state index contributed by atoms with van der Waals surface area (Å²) in [5, 5.41) is 0. The summed E-state index contributed by atoms with van der Waals surface area (Å²) in [6, 6.07) is 0. The molecule has 2 saturated heterocycles. The second-order valence-corrected chi connectivity index (χ2v) is 14.6. The molecule has 2 aliphatic rings. The van der Waals surface area contributed by atoms with Gasteiger partial charge in [0.15, 0.2) is 22.9 Å². The lowest BCUT2D eigenvalue weighted by Gasteiger charge is -2.26. The molecule has 4 aromatic rings. The van der Waals surface area contributed by atoms with Gasteiger partial charge in [-0.1, -0.05) is 0 Å². The Bertz CT molecular complexity index is 1860. The van der Waals surface area contributed by atoms with Crippen LogP contribution in [0.3, 0.4) is 0 Å². The number of hydrogen-bond acceptors (Lipinski definition) is 17. The highest BCUT2D eigenvalue weighted by Crippen LogP contribution is 2.50. The third kappa shape index (κ3) is 6.42. The molecular formula is C24H34N11O9PS. The first kappa shape index (κ1) is 32.5. The fraction of sp³-hybridized carbons (Fsp3) is 0.583. The number of nitrogen functional groups attached to an aromatic ring is 2. The third-order valence-corrected chi connectivity index (χ3v) is 11.5. The van der Waals surface area contributed by atoms with Crippen LogP contribution in [0.2, 0.25) is 0 Å². The van der Waals surface area contributed by atoms with Crippen molar-refractivity contribution in [1.29, 1.82) is 0 Å². The fourth-order valence-corrected chi connectivity index (χ4v) is 8.63. The zero-order valence-corrected chi connectivity index (χ0v) is 26.8. The van der Waals surface area contributed by atoms with Gasteiger partial charge in [0.25, 0.3) is 0 Å². The number of nitrogens with zero attached hydrogens (tertiary/aromatic N) is 8. The van der Waals surface area contributed by atoms with E-state index in [2.05, 4.69) is 34.4 Å². The molecule has 4 unspecified atom stereocenters. The van der Waals surface area contributed by atoms with E-state index in [4.69, 9.17) is 39.5 Å². The van der Waals surface area contributed by atoms with Gasteiger partial charge in [0, 0.05) is 27.1 Å². The molecule has 46 heavy (non-hydrogen) atoms. The molecule has 4 aromatic heterocycles. The summed E-state index contributed by atoms with van der Waals surface area (Å²) in [7, 11) is -5.69. The molecule has 6 rings (SSSR count). The number of nitrogens with two attached hydrogens (primary N) is 2. The molecular weight excluding hydrogens is 649 g/mol. The molecule has 7 atom stereocenters. The predicted octanol–water partition coefficient (Wildman–Crippen LogP) is 0.516. The zero-order chi connectivity index (χ0) is 32.6. The first-order chi connectivity index (χ1) is 22.0. The molecule has 2 aliphatic heterocycles. The highest BCUT2D eigenvalue weighted by molar-refractivity contribution is 7.94. The number of anilines is 2. The minimum atomic E-state index is -4.58. The largest absolute Gasteiger partial charge is 0.419 e. The number of nitrogens with one attached hydrogen (secondary N) is 1. The lowest BCUT2D eigenvalue weighted by molar-refractivity contribution is -0.0585. The van der Waals surface area contributed by atoms with Crippen molar-refractivity contribution >= 4 is 51.7 Å². The van der Waals surface area contributed by atoms with Crippen LogP contribution in [0.15, 0.2) is 25.3 Å². The van der Waals surface area contributed by atoms with E-state index in [9.17, 15) is 13.0 Å². The van der Waals surface area contributed by atoms with E-state index in [-0.39, 0.29) is 37.0 Å². The van der Waals surface area contributed by atoms with Crippen LogP contribution < -0.4 is 16.0 Å². The van der Waals surface area contributed by atoms with E-state index in [0.717, 1.165) is 0 Å².